The van der Waals surface area contributed by atoms with E-state index in [0.717, 1.165) is 37.9 Å². The highest BCUT2D eigenvalue weighted by atomic mass is 32.2. The number of amides is 2. The van der Waals surface area contributed by atoms with Crippen LogP contribution < -0.4 is 10.6 Å². The standard InChI is InChI=1S/C14H24N2O3S/c1-20-7-3-2-6-15-14(19)16-12-10-5-4-9(8-10)11(12)13(17)18/h9-12H,2-8H2,1H3,(H,17,18)(H2,15,16,19). The summed E-state index contributed by atoms with van der Waals surface area (Å²) in [6, 6.07) is -0.393. The van der Waals surface area contributed by atoms with Crippen molar-refractivity contribution in [3.8, 4) is 0 Å². The first kappa shape index (κ1) is 15.5. The Morgan fingerprint density at radius 1 is 1.25 bits per heavy atom. The van der Waals surface area contributed by atoms with Crippen LogP contribution in [0.2, 0.25) is 0 Å². The third-order valence-electron chi connectivity index (χ3n) is 4.56. The third-order valence-corrected chi connectivity index (χ3v) is 5.26. The number of aliphatic carboxylic acids is 1. The number of unbranched alkanes of at least 4 members (excludes halogenated alkanes) is 1. The van der Waals surface area contributed by atoms with Crippen LogP contribution in [0.1, 0.15) is 32.1 Å². The monoisotopic (exact) mass is 300 g/mol. The Hall–Kier alpha value is -0.910. The number of carbonyl (C=O) groups excluding carboxylic acids is 1. The summed E-state index contributed by atoms with van der Waals surface area (Å²) in [7, 11) is 0. The first-order chi connectivity index (χ1) is 9.63. The fourth-order valence-corrected chi connectivity index (χ4v) is 4.12. The Bertz CT molecular complexity index is 364. The zero-order valence-corrected chi connectivity index (χ0v) is 12.7. The first-order valence-corrected chi connectivity index (χ1v) is 8.79. The Balaban J connectivity index is 1.74. The summed E-state index contributed by atoms with van der Waals surface area (Å²) < 4.78 is 0. The van der Waals surface area contributed by atoms with Crippen LogP contribution in [0.4, 0.5) is 4.79 Å². The van der Waals surface area contributed by atoms with Gasteiger partial charge in [-0.15, -0.1) is 0 Å². The van der Waals surface area contributed by atoms with E-state index in [-0.39, 0.29) is 18.0 Å². The van der Waals surface area contributed by atoms with E-state index in [1.165, 1.54) is 0 Å². The minimum Gasteiger partial charge on any atom is -0.481 e. The Kier molecular flexibility index (Phi) is 5.57. The van der Waals surface area contributed by atoms with Crippen LogP contribution in [0.5, 0.6) is 0 Å². The number of carbonyl (C=O) groups is 2. The lowest BCUT2D eigenvalue weighted by Gasteiger charge is -2.28. The molecule has 0 heterocycles. The van der Waals surface area contributed by atoms with Crippen molar-refractivity contribution < 1.29 is 14.7 Å². The minimum absolute atomic E-state index is 0.183. The second-order valence-corrected chi connectivity index (χ2v) is 6.81. The summed E-state index contributed by atoms with van der Waals surface area (Å²) in [5.41, 5.74) is 0. The maximum absolute atomic E-state index is 11.9. The molecule has 2 bridgehead atoms. The van der Waals surface area contributed by atoms with Crippen molar-refractivity contribution in [2.75, 3.05) is 18.6 Å². The van der Waals surface area contributed by atoms with Gasteiger partial charge in [0.15, 0.2) is 0 Å². The predicted octanol–water partition coefficient (Wildman–Crippen LogP) is 1.93. The highest BCUT2D eigenvalue weighted by Crippen LogP contribution is 2.48. The number of hydrogen-bond acceptors (Lipinski definition) is 3. The molecule has 2 fully saturated rings. The van der Waals surface area contributed by atoms with E-state index < -0.39 is 11.9 Å². The number of carboxylic acid groups (broad SMARTS) is 1. The molecule has 114 valence electrons. The smallest absolute Gasteiger partial charge is 0.315 e. The van der Waals surface area contributed by atoms with Gasteiger partial charge in [-0.2, -0.15) is 11.8 Å². The molecule has 0 aliphatic heterocycles. The quantitative estimate of drug-likeness (QED) is 0.628. The fraction of sp³-hybridized carbons (Fsp3) is 0.857. The van der Waals surface area contributed by atoms with E-state index in [0.29, 0.717) is 12.5 Å². The number of carboxylic acids is 1. The molecule has 4 unspecified atom stereocenters. The van der Waals surface area contributed by atoms with Crippen LogP contribution in [0.3, 0.4) is 0 Å². The Morgan fingerprint density at radius 3 is 2.70 bits per heavy atom. The van der Waals surface area contributed by atoms with Crippen LogP contribution in [0.25, 0.3) is 0 Å². The molecule has 0 aromatic rings. The highest BCUT2D eigenvalue weighted by molar-refractivity contribution is 7.98. The van der Waals surface area contributed by atoms with Crippen molar-refractivity contribution in [3.63, 3.8) is 0 Å². The van der Waals surface area contributed by atoms with Crippen molar-refractivity contribution in [2.24, 2.45) is 17.8 Å². The van der Waals surface area contributed by atoms with Crippen LogP contribution in [0.15, 0.2) is 0 Å². The van der Waals surface area contributed by atoms with E-state index in [9.17, 15) is 14.7 Å². The van der Waals surface area contributed by atoms with Gasteiger partial charge in [-0.25, -0.2) is 4.79 Å². The number of urea groups is 1. The number of thioether (sulfide) groups is 1. The molecule has 0 aromatic heterocycles. The maximum atomic E-state index is 11.9. The van der Waals surface area contributed by atoms with Gasteiger partial charge in [-0.1, -0.05) is 0 Å². The molecule has 0 spiro atoms. The van der Waals surface area contributed by atoms with Gasteiger partial charge in [0, 0.05) is 12.6 Å². The first-order valence-electron chi connectivity index (χ1n) is 7.39. The van der Waals surface area contributed by atoms with Gasteiger partial charge in [-0.05, 0) is 55.9 Å². The third kappa shape index (κ3) is 3.59. The summed E-state index contributed by atoms with van der Waals surface area (Å²) in [6.07, 6.45) is 7.13. The molecule has 3 N–H and O–H groups in total. The summed E-state index contributed by atoms with van der Waals surface area (Å²) in [5, 5.41) is 15.0. The van der Waals surface area contributed by atoms with E-state index in [1.54, 1.807) is 11.8 Å². The topological polar surface area (TPSA) is 78.4 Å². The number of fused-ring (bicyclic) bond motifs is 2. The molecule has 2 aliphatic rings. The average molecular weight is 300 g/mol. The molecule has 0 radical (unpaired) electrons. The number of nitrogens with one attached hydrogen (secondary N) is 2. The summed E-state index contributed by atoms with van der Waals surface area (Å²) in [4.78, 5) is 23.2. The van der Waals surface area contributed by atoms with E-state index in [1.807, 2.05) is 0 Å². The normalized spacial score (nSPS) is 31.2. The van der Waals surface area contributed by atoms with Gasteiger partial charge in [0.2, 0.25) is 0 Å². The molecular weight excluding hydrogens is 276 g/mol. The van der Waals surface area contributed by atoms with Crippen molar-refractivity contribution in [1.29, 1.82) is 0 Å². The van der Waals surface area contributed by atoms with Gasteiger partial charge in [-0.3, -0.25) is 4.79 Å². The van der Waals surface area contributed by atoms with E-state index in [2.05, 4.69) is 16.9 Å². The molecule has 6 heteroatoms. The molecule has 2 aliphatic carbocycles. The highest BCUT2D eigenvalue weighted by Gasteiger charge is 2.51. The average Bonchev–Trinajstić information content (AvgIpc) is 2.99. The summed E-state index contributed by atoms with van der Waals surface area (Å²) >= 11 is 1.80. The minimum atomic E-state index is -0.762. The number of rotatable bonds is 7. The lowest BCUT2D eigenvalue weighted by molar-refractivity contribution is -0.144. The van der Waals surface area contributed by atoms with Crippen molar-refractivity contribution in [3.05, 3.63) is 0 Å². The Morgan fingerprint density at radius 2 is 2.00 bits per heavy atom. The van der Waals surface area contributed by atoms with Crippen LogP contribution in [-0.4, -0.2) is 41.7 Å². The summed E-state index contributed by atoms with van der Waals surface area (Å²) in [6.45, 7) is 0.658. The molecule has 20 heavy (non-hydrogen) atoms. The van der Waals surface area contributed by atoms with Gasteiger partial charge >= 0.3 is 12.0 Å². The fourth-order valence-electron chi connectivity index (χ4n) is 3.63. The zero-order chi connectivity index (χ0) is 14.5. The second-order valence-electron chi connectivity index (χ2n) is 5.82. The maximum Gasteiger partial charge on any atom is 0.315 e. The molecule has 2 amide bonds. The zero-order valence-electron chi connectivity index (χ0n) is 11.9. The summed E-state index contributed by atoms with van der Waals surface area (Å²) in [5.74, 6) is 0.558. The molecule has 2 saturated carbocycles. The van der Waals surface area contributed by atoms with Crippen LogP contribution in [-0.2, 0) is 4.79 Å². The van der Waals surface area contributed by atoms with E-state index in [4.69, 9.17) is 0 Å². The van der Waals surface area contributed by atoms with Crippen LogP contribution in [0, 0.1) is 17.8 Å². The van der Waals surface area contributed by atoms with Gasteiger partial charge < -0.3 is 15.7 Å². The van der Waals surface area contributed by atoms with Crippen LogP contribution >= 0.6 is 11.8 Å². The molecule has 0 aromatic carbocycles. The lowest BCUT2D eigenvalue weighted by Crippen LogP contribution is -2.50. The van der Waals surface area contributed by atoms with Crippen molar-refractivity contribution in [2.45, 2.75) is 38.1 Å². The second kappa shape index (κ2) is 7.20. The molecule has 4 atom stereocenters. The molecule has 0 saturated heterocycles. The molecule has 5 nitrogen and oxygen atoms in total. The van der Waals surface area contributed by atoms with E-state index >= 15 is 0 Å². The van der Waals surface area contributed by atoms with Gasteiger partial charge in [0.1, 0.15) is 0 Å². The van der Waals surface area contributed by atoms with Crippen molar-refractivity contribution >= 4 is 23.8 Å². The van der Waals surface area contributed by atoms with Crippen molar-refractivity contribution in [1.82, 2.24) is 10.6 Å². The largest absolute Gasteiger partial charge is 0.481 e. The molecule has 2 rings (SSSR count). The van der Waals surface area contributed by atoms with Gasteiger partial charge in [0.05, 0.1) is 5.92 Å². The molecular formula is C14H24N2O3S. The predicted molar refractivity (Wildman–Crippen MR) is 79.9 cm³/mol. The number of hydrogen-bond donors (Lipinski definition) is 3. The SMILES string of the molecule is CSCCCCNC(=O)NC1C2CCC(C2)C1C(=O)O. The lowest BCUT2D eigenvalue weighted by atomic mass is 9.84. The van der Waals surface area contributed by atoms with Gasteiger partial charge in [0.25, 0.3) is 0 Å². The Labute approximate surface area is 124 Å².